The van der Waals surface area contributed by atoms with Crippen LogP contribution in [-0.4, -0.2) is 45.8 Å². The molecule has 0 aliphatic heterocycles. The van der Waals surface area contributed by atoms with Crippen molar-refractivity contribution in [3.05, 3.63) is 51.6 Å². The number of ether oxygens (including phenoxy) is 4. The Morgan fingerprint density at radius 2 is 1.64 bits per heavy atom. The molecule has 28 heavy (non-hydrogen) atoms. The number of carbonyl (C=O) groups is 1. The Balaban J connectivity index is 2.24. The third-order valence-corrected chi connectivity index (χ3v) is 4.09. The zero-order valence-electron chi connectivity index (χ0n) is 16.1. The highest BCUT2D eigenvalue weighted by Crippen LogP contribution is 2.46. The normalized spacial score (nSPS) is 10.1. The smallest absolute Gasteiger partial charge is 0.327 e. The van der Waals surface area contributed by atoms with Gasteiger partial charge in [0.1, 0.15) is 11.3 Å². The summed E-state index contributed by atoms with van der Waals surface area (Å²) < 4.78 is 20.5. The van der Waals surface area contributed by atoms with Crippen LogP contribution >= 0.6 is 0 Å². The Bertz CT molecular complexity index is 850. The predicted octanol–water partition coefficient (Wildman–Crippen LogP) is 2.60. The van der Waals surface area contributed by atoms with Gasteiger partial charge in [0.05, 0.1) is 33.4 Å². The van der Waals surface area contributed by atoms with Crippen molar-refractivity contribution in [3.63, 3.8) is 0 Å². The Morgan fingerprint density at radius 1 is 1.00 bits per heavy atom. The van der Waals surface area contributed by atoms with Crippen LogP contribution in [0.4, 0.5) is 5.69 Å². The number of nitro benzene ring substituents is 1. The second-order valence-corrected chi connectivity index (χ2v) is 5.65. The van der Waals surface area contributed by atoms with Crippen LogP contribution in [0.25, 0.3) is 0 Å². The van der Waals surface area contributed by atoms with Crippen LogP contribution in [0.5, 0.6) is 23.0 Å². The van der Waals surface area contributed by atoms with Crippen molar-refractivity contribution in [3.8, 4) is 23.0 Å². The first-order valence-electron chi connectivity index (χ1n) is 8.35. The van der Waals surface area contributed by atoms with Gasteiger partial charge in [-0.2, -0.15) is 0 Å². The summed E-state index contributed by atoms with van der Waals surface area (Å²) in [6.07, 6.45) is 0.550. The lowest BCUT2D eigenvalue weighted by atomic mass is 10.1. The second-order valence-electron chi connectivity index (χ2n) is 5.65. The molecule has 2 rings (SSSR count). The SMILES string of the molecule is COc1ccc(CCNC(=O)c2cc(OC)c(OC)c(OC)c2[N+](=O)[O-])cc1. The first kappa shape index (κ1) is 20.8. The lowest BCUT2D eigenvalue weighted by Gasteiger charge is -2.15. The second kappa shape index (κ2) is 9.45. The Kier molecular flexibility index (Phi) is 7.02. The fourth-order valence-corrected chi connectivity index (χ4v) is 2.70. The summed E-state index contributed by atoms with van der Waals surface area (Å²) in [5, 5.41) is 14.3. The number of carbonyl (C=O) groups excluding carboxylic acids is 1. The maximum absolute atomic E-state index is 12.6. The fourth-order valence-electron chi connectivity index (χ4n) is 2.70. The highest BCUT2D eigenvalue weighted by Gasteiger charge is 2.32. The van der Waals surface area contributed by atoms with Gasteiger partial charge >= 0.3 is 5.69 Å². The van der Waals surface area contributed by atoms with Gasteiger partial charge in [0.15, 0.2) is 5.75 Å². The average Bonchev–Trinajstić information content (AvgIpc) is 2.72. The van der Waals surface area contributed by atoms with Crippen molar-refractivity contribution < 1.29 is 28.7 Å². The van der Waals surface area contributed by atoms with Gasteiger partial charge in [0, 0.05) is 12.6 Å². The molecule has 0 aliphatic carbocycles. The van der Waals surface area contributed by atoms with E-state index in [-0.39, 0.29) is 22.8 Å². The third kappa shape index (κ3) is 4.43. The number of nitro groups is 1. The van der Waals surface area contributed by atoms with Crippen LogP contribution in [0.1, 0.15) is 15.9 Å². The van der Waals surface area contributed by atoms with Crippen molar-refractivity contribution >= 4 is 11.6 Å². The molecule has 2 aromatic carbocycles. The predicted molar refractivity (Wildman–Crippen MR) is 102 cm³/mol. The maximum atomic E-state index is 12.6. The van der Waals surface area contributed by atoms with Gasteiger partial charge in [0.2, 0.25) is 11.5 Å². The summed E-state index contributed by atoms with van der Waals surface area (Å²) >= 11 is 0. The van der Waals surface area contributed by atoms with Gasteiger partial charge < -0.3 is 24.3 Å². The molecule has 0 fully saturated rings. The molecule has 0 aliphatic rings. The largest absolute Gasteiger partial charge is 0.497 e. The Labute approximate surface area is 162 Å². The number of hydrogen-bond donors (Lipinski definition) is 1. The van der Waals surface area contributed by atoms with Crippen LogP contribution < -0.4 is 24.3 Å². The Hall–Kier alpha value is -3.49. The summed E-state index contributed by atoms with van der Waals surface area (Å²) in [6, 6.07) is 8.67. The first-order valence-corrected chi connectivity index (χ1v) is 8.35. The maximum Gasteiger partial charge on any atom is 0.327 e. The van der Waals surface area contributed by atoms with E-state index >= 15 is 0 Å². The van der Waals surface area contributed by atoms with Crippen LogP contribution in [-0.2, 0) is 6.42 Å². The third-order valence-electron chi connectivity index (χ3n) is 4.09. The van der Waals surface area contributed by atoms with Gasteiger partial charge in [-0.1, -0.05) is 12.1 Å². The lowest BCUT2D eigenvalue weighted by molar-refractivity contribution is -0.386. The first-order chi connectivity index (χ1) is 13.5. The highest BCUT2D eigenvalue weighted by molar-refractivity contribution is 6.00. The number of rotatable bonds is 9. The number of nitrogens with zero attached hydrogens (tertiary/aromatic N) is 1. The molecule has 0 heterocycles. The highest BCUT2D eigenvalue weighted by atomic mass is 16.6. The minimum absolute atomic E-state index is 0.0477. The summed E-state index contributed by atoms with van der Waals surface area (Å²) in [5.74, 6) is 0.157. The van der Waals surface area contributed by atoms with E-state index in [1.807, 2.05) is 24.3 Å². The average molecular weight is 390 g/mol. The number of methoxy groups -OCH3 is 4. The van der Waals surface area contributed by atoms with Crippen molar-refractivity contribution in [2.75, 3.05) is 35.0 Å². The van der Waals surface area contributed by atoms with E-state index < -0.39 is 16.5 Å². The quantitative estimate of drug-likeness (QED) is 0.518. The summed E-state index contributed by atoms with van der Waals surface area (Å²) in [7, 11) is 5.54. The molecule has 0 saturated heterocycles. The molecule has 0 bridgehead atoms. The molecular formula is C19H22N2O7. The molecule has 1 N–H and O–H groups in total. The van der Waals surface area contributed by atoms with Crippen LogP contribution in [0.2, 0.25) is 0 Å². The molecule has 0 unspecified atom stereocenters. The minimum Gasteiger partial charge on any atom is -0.497 e. The molecule has 0 aromatic heterocycles. The molecule has 1 amide bonds. The van der Waals surface area contributed by atoms with E-state index in [9.17, 15) is 14.9 Å². The van der Waals surface area contributed by atoms with E-state index in [0.717, 1.165) is 11.3 Å². The molecule has 0 saturated carbocycles. The van der Waals surface area contributed by atoms with Crippen molar-refractivity contribution in [1.82, 2.24) is 5.32 Å². The van der Waals surface area contributed by atoms with Crippen LogP contribution in [0, 0.1) is 10.1 Å². The molecule has 2 aromatic rings. The lowest BCUT2D eigenvalue weighted by Crippen LogP contribution is -2.26. The topological polar surface area (TPSA) is 109 Å². The zero-order valence-corrected chi connectivity index (χ0v) is 16.1. The number of benzene rings is 2. The van der Waals surface area contributed by atoms with Gasteiger partial charge in [-0.05, 0) is 24.1 Å². The number of hydrogen-bond acceptors (Lipinski definition) is 7. The van der Waals surface area contributed by atoms with Crippen molar-refractivity contribution in [1.29, 1.82) is 0 Å². The van der Waals surface area contributed by atoms with Gasteiger partial charge in [-0.25, -0.2) is 0 Å². The van der Waals surface area contributed by atoms with E-state index in [1.165, 1.54) is 27.4 Å². The minimum atomic E-state index is -0.681. The summed E-state index contributed by atoms with van der Waals surface area (Å²) in [4.78, 5) is 23.5. The Morgan fingerprint density at radius 3 is 2.14 bits per heavy atom. The van der Waals surface area contributed by atoms with Crippen LogP contribution in [0.15, 0.2) is 30.3 Å². The van der Waals surface area contributed by atoms with Gasteiger partial charge in [0.25, 0.3) is 5.91 Å². The van der Waals surface area contributed by atoms with Crippen molar-refractivity contribution in [2.45, 2.75) is 6.42 Å². The number of nitrogens with one attached hydrogen (secondary N) is 1. The fraction of sp³-hybridized carbons (Fsp3) is 0.316. The molecule has 0 radical (unpaired) electrons. The number of amides is 1. The summed E-state index contributed by atoms with van der Waals surface area (Å²) in [5.41, 5.74) is 0.330. The standard InChI is InChI=1S/C19H22N2O7/c1-25-13-7-5-12(6-8-13)9-10-20-19(22)14-11-15(26-2)17(27-3)18(28-4)16(14)21(23)24/h5-8,11H,9-10H2,1-4H3,(H,20,22). The van der Waals surface area contributed by atoms with Gasteiger partial charge in [-0.3, -0.25) is 14.9 Å². The molecule has 9 nitrogen and oxygen atoms in total. The van der Waals surface area contributed by atoms with E-state index in [1.54, 1.807) is 7.11 Å². The van der Waals surface area contributed by atoms with Crippen molar-refractivity contribution in [2.24, 2.45) is 0 Å². The van der Waals surface area contributed by atoms with E-state index in [4.69, 9.17) is 18.9 Å². The van der Waals surface area contributed by atoms with Gasteiger partial charge in [-0.15, -0.1) is 0 Å². The zero-order chi connectivity index (χ0) is 20.7. The van der Waals surface area contributed by atoms with E-state index in [2.05, 4.69) is 5.32 Å². The molecule has 0 spiro atoms. The molecular weight excluding hydrogens is 368 g/mol. The van der Waals surface area contributed by atoms with E-state index in [0.29, 0.717) is 13.0 Å². The molecule has 150 valence electrons. The summed E-state index contributed by atoms with van der Waals surface area (Å²) in [6.45, 7) is 0.291. The molecule has 0 atom stereocenters. The molecule has 9 heteroatoms. The monoisotopic (exact) mass is 390 g/mol. The van der Waals surface area contributed by atoms with Crippen LogP contribution in [0.3, 0.4) is 0 Å².